The molecule has 0 radical (unpaired) electrons. The van der Waals surface area contributed by atoms with Crippen molar-refractivity contribution in [3.8, 4) is 0 Å². The fraction of sp³-hybridized carbons (Fsp3) is 0.385. The minimum absolute atomic E-state index is 0.558. The van der Waals surface area contributed by atoms with E-state index in [-0.39, 0.29) is 0 Å². The van der Waals surface area contributed by atoms with Crippen molar-refractivity contribution in [2.24, 2.45) is 5.92 Å². The van der Waals surface area contributed by atoms with Gasteiger partial charge in [-0.25, -0.2) is 0 Å². The molecule has 0 bridgehead atoms. The summed E-state index contributed by atoms with van der Waals surface area (Å²) in [4.78, 5) is 0. The predicted octanol–water partition coefficient (Wildman–Crippen LogP) is 4.49. The number of halogens is 2. The first kappa shape index (κ1) is 12.7. The highest BCUT2D eigenvalue weighted by Crippen LogP contribution is 2.31. The average Bonchev–Trinajstić information content (AvgIpc) is 2.61. The van der Waals surface area contributed by atoms with Gasteiger partial charge in [0.1, 0.15) is 0 Å². The van der Waals surface area contributed by atoms with Crippen LogP contribution >= 0.6 is 23.2 Å². The molecule has 0 amide bonds. The van der Waals surface area contributed by atoms with Crippen molar-refractivity contribution in [3.05, 3.63) is 34.0 Å². The molecule has 92 valence electrons. The van der Waals surface area contributed by atoms with Crippen LogP contribution in [0.2, 0.25) is 10.0 Å². The summed E-state index contributed by atoms with van der Waals surface area (Å²) in [5, 5.41) is 5.55. The van der Waals surface area contributed by atoms with Gasteiger partial charge in [0.15, 0.2) is 5.58 Å². The van der Waals surface area contributed by atoms with Crippen molar-refractivity contribution in [2.75, 3.05) is 6.54 Å². The van der Waals surface area contributed by atoms with E-state index in [9.17, 15) is 0 Å². The number of hydrogen-bond donors (Lipinski definition) is 1. The van der Waals surface area contributed by atoms with Crippen molar-refractivity contribution in [1.82, 2.24) is 5.32 Å². The van der Waals surface area contributed by atoms with Gasteiger partial charge in [0.2, 0.25) is 0 Å². The van der Waals surface area contributed by atoms with Crippen molar-refractivity contribution in [2.45, 2.75) is 20.4 Å². The van der Waals surface area contributed by atoms with Crippen LogP contribution in [0.1, 0.15) is 19.4 Å². The second-order valence-electron chi connectivity index (χ2n) is 4.55. The largest absolute Gasteiger partial charge is 0.462 e. The Balaban J connectivity index is 2.23. The summed E-state index contributed by atoms with van der Waals surface area (Å²) < 4.78 is 5.46. The zero-order valence-corrected chi connectivity index (χ0v) is 11.4. The fourth-order valence-electron chi connectivity index (χ4n) is 1.74. The van der Waals surface area contributed by atoms with Crippen LogP contribution in [0.5, 0.6) is 0 Å². The van der Waals surface area contributed by atoms with Gasteiger partial charge < -0.3 is 9.73 Å². The Morgan fingerprint density at radius 1 is 1.29 bits per heavy atom. The summed E-state index contributed by atoms with van der Waals surface area (Å²) in [6.07, 6.45) is 1.74. The van der Waals surface area contributed by atoms with Crippen LogP contribution in [-0.2, 0) is 6.54 Å². The zero-order valence-electron chi connectivity index (χ0n) is 9.89. The lowest BCUT2D eigenvalue weighted by Crippen LogP contribution is -2.18. The van der Waals surface area contributed by atoms with Crippen LogP contribution in [0.25, 0.3) is 11.0 Å². The Bertz CT molecular complexity index is 519. The van der Waals surface area contributed by atoms with Crippen LogP contribution in [-0.4, -0.2) is 6.54 Å². The highest BCUT2D eigenvalue weighted by atomic mass is 35.5. The second kappa shape index (κ2) is 5.30. The summed E-state index contributed by atoms with van der Waals surface area (Å²) in [6.45, 7) is 6.09. The average molecular weight is 272 g/mol. The molecule has 0 aliphatic rings. The van der Waals surface area contributed by atoms with Gasteiger partial charge in [-0.05, 0) is 24.6 Å². The summed E-state index contributed by atoms with van der Waals surface area (Å²) in [5.41, 5.74) is 1.79. The van der Waals surface area contributed by atoms with E-state index >= 15 is 0 Å². The smallest absolute Gasteiger partial charge is 0.152 e. The second-order valence-corrected chi connectivity index (χ2v) is 5.39. The van der Waals surface area contributed by atoms with Crippen LogP contribution in [0.15, 0.2) is 22.8 Å². The van der Waals surface area contributed by atoms with Crippen molar-refractivity contribution < 1.29 is 4.42 Å². The minimum atomic E-state index is 0.558. The molecule has 2 nitrogen and oxygen atoms in total. The minimum Gasteiger partial charge on any atom is -0.462 e. The van der Waals surface area contributed by atoms with Gasteiger partial charge in [0.05, 0.1) is 11.3 Å². The first-order chi connectivity index (χ1) is 8.08. The Morgan fingerprint density at radius 3 is 2.76 bits per heavy atom. The van der Waals surface area contributed by atoms with Crippen molar-refractivity contribution in [1.29, 1.82) is 0 Å². The van der Waals surface area contributed by atoms with Crippen LogP contribution in [0, 0.1) is 5.92 Å². The van der Waals surface area contributed by atoms with Gasteiger partial charge in [0, 0.05) is 22.5 Å². The Hall–Kier alpha value is -0.700. The van der Waals surface area contributed by atoms with Gasteiger partial charge in [-0.15, -0.1) is 0 Å². The third kappa shape index (κ3) is 2.95. The number of fused-ring (bicyclic) bond motifs is 1. The van der Waals surface area contributed by atoms with Gasteiger partial charge in [-0.3, -0.25) is 0 Å². The lowest BCUT2D eigenvalue weighted by atomic mass is 10.1. The zero-order chi connectivity index (χ0) is 12.4. The molecule has 0 fully saturated rings. The third-order valence-electron chi connectivity index (χ3n) is 2.54. The number of benzene rings is 1. The van der Waals surface area contributed by atoms with E-state index in [1.165, 1.54) is 0 Å². The summed E-state index contributed by atoms with van der Waals surface area (Å²) in [5.74, 6) is 0.625. The molecule has 17 heavy (non-hydrogen) atoms. The van der Waals surface area contributed by atoms with E-state index in [0.29, 0.717) is 21.5 Å². The first-order valence-electron chi connectivity index (χ1n) is 5.63. The third-order valence-corrected chi connectivity index (χ3v) is 3.04. The normalized spacial score (nSPS) is 11.6. The van der Waals surface area contributed by atoms with Crippen molar-refractivity contribution in [3.63, 3.8) is 0 Å². The molecule has 0 atom stereocenters. The molecule has 0 saturated heterocycles. The summed E-state index contributed by atoms with van der Waals surface area (Å²) >= 11 is 12.1. The maximum Gasteiger partial charge on any atom is 0.152 e. The molecule has 0 aliphatic carbocycles. The van der Waals surface area contributed by atoms with Crippen LogP contribution < -0.4 is 5.32 Å². The Labute approximate surface area is 111 Å². The molecule has 1 heterocycles. The van der Waals surface area contributed by atoms with Crippen molar-refractivity contribution >= 4 is 34.2 Å². The highest BCUT2D eigenvalue weighted by Gasteiger charge is 2.10. The molecule has 0 unspecified atom stereocenters. The molecule has 0 aliphatic heterocycles. The van der Waals surface area contributed by atoms with Crippen LogP contribution in [0.3, 0.4) is 0 Å². The number of hydrogen-bond acceptors (Lipinski definition) is 2. The van der Waals surface area contributed by atoms with Gasteiger partial charge in [-0.1, -0.05) is 37.0 Å². The maximum absolute atomic E-state index is 6.06. The molecule has 0 spiro atoms. The molecule has 0 saturated carbocycles. The SMILES string of the molecule is CC(C)CNCc1coc2c(Cl)cc(Cl)cc12. The van der Waals surface area contributed by atoms with E-state index < -0.39 is 0 Å². The quantitative estimate of drug-likeness (QED) is 0.887. The van der Waals surface area contributed by atoms with E-state index in [1.54, 1.807) is 12.3 Å². The monoisotopic (exact) mass is 271 g/mol. The van der Waals surface area contributed by atoms with Gasteiger partial charge in [0.25, 0.3) is 0 Å². The molecule has 4 heteroatoms. The highest BCUT2D eigenvalue weighted by molar-refractivity contribution is 6.38. The number of rotatable bonds is 4. The maximum atomic E-state index is 6.06. The lowest BCUT2D eigenvalue weighted by Gasteiger charge is -2.06. The predicted molar refractivity (Wildman–Crippen MR) is 72.8 cm³/mol. The molecule has 2 rings (SSSR count). The Kier molecular flexibility index (Phi) is 3.97. The van der Waals surface area contributed by atoms with E-state index in [2.05, 4.69) is 19.2 Å². The first-order valence-corrected chi connectivity index (χ1v) is 6.39. The van der Waals surface area contributed by atoms with E-state index in [4.69, 9.17) is 27.6 Å². The lowest BCUT2D eigenvalue weighted by molar-refractivity contribution is 0.547. The van der Waals surface area contributed by atoms with Gasteiger partial charge >= 0.3 is 0 Å². The standard InChI is InChI=1S/C13H15Cl2NO/c1-8(2)5-16-6-9-7-17-13-11(9)3-10(14)4-12(13)15/h3-4,7-8,16H,5-6H2,1-2H3. The molecule has 1 aromatic carbocycles. The Morgan fingerprint density at radius 2 is 2.06 bits per heavy atom. The number of nitrogens with one attached hydrogen (secondary N) is 1. The molecule has 1 N–H and O–H groups in total. The van der Waals surface area contributed by atoms with E-state index in [0.717, 1.165) is 24.0 Å². The summed E-state index contributed by atoms with van der Waals surface area (Å²) in [7, 11) is 0. The topological polar surface area (TPSA) is 25.2 Å². The van der Waals surface area contributed by atoms with Crippen LogP contribution in [0.4, 0.5) is 0 Å². The molecular weight excluding hydrogens is 257 g/mol. The molecular formula is C13H15Cl2NO. The summed E-state index contributed by atoms with van der Waals surface area (Å²) in [6, 6.07) is 3.58. The molecule has 1 aromatic heterocycles. The number of furan rings is 1. The fourth-order valence-corrected chi connectivity index (χ4v) is 2.28. The molecule has 2 aromatic rings. The van der Waals surface area contributed by atoms with E-state index in [1.807, 2.05) is 6.07 Å². The van der Waals surface area contributed by atoms with Gasteiger partial charge in [-0.2, -0.15) is 0 Å².